The summed E-state index contributed by atoms with van der Waals surface area (Å²) in [5, 5.41) is 4.41. The SMILES string of the molecule is CC(Nc1ccc(Cl)cc1Cl)c1ccc(F)c(Br)c1. The van der Waals surface area contributed by atoms with Crippen molar-refractivity contribution in [2.45, 2.75) is 13.0 Å². The first-order chi connectivity index (χ1) is 8.97. The molecule has 0 aromatic heterocycles. The Labute approximate surface area is 129 Å². The molecule has 0 heterocycles. The molecule has 100 valence electrons. The molecule has 2 aromatic carbocycles. The van der Waals surface area contributed by atoms with Gasteiger partial charge in [-0.05, 0) is 58.7 Å². The number of hydrogen-bond donors (Lipinski definition) is 1. The summed E-state index contributed by atoms with van der Waals surface area (Å²) < 4.78 is 13.6. The topological polar surface area (TPSA) is 12.0 Å². The van der Waals surface area contributed by atoms with Crippen LogP contribution >= 0.6 is 39.1 Å². The van der Waals surface area contributed by atoms with Crippen molar-refractivity contribution in [3.8, 4) is 0 Å². The lowest BCUT2D eigenvalue weighted by atomic mass is 10.1. The van der Waals surface area contributed by atoms with Gasteiger partial charge < -0.3 is 5.32 Å². The van der Waals surface area contributed by atoms with Crippen LogP contribution in [0.5, 0.6) is 0 Å². The number of rotatable bonds is 3. The van der Waals surface area contributed by atoms with E-state index in [0.29, 0.717) is 14.5 Å². The molecule has 0 amide bonds. The number of hydrogen-bond acceptors (Lipinski definition) is 1. The fourth-order valence-electron chi connectivity index (χ4n) is 1.70. The van der Waals surface area contributed by atoms with Gasteiger partial charge in [0.15, 0.2) is 0 Å². The maximum atomic E-state index is 13.2. The fourth-order valence-corrected chi connectivity index (χ4v) is 2.56. The Morgan fingerprint density at radius 1 is 1.16 bits per heavy atom. The molecular weight excluding hydrogens is 352 g/mol. The highest BCUT2D eigenvalue weighted by Gasteiger charge is 2.10. The molecule has 0 spiro atoms. The monoisotopic (exact) mass is 361 g/mol. The van der Waals surface area contributed by atoms with E-state index in [2.05, 4.69) is 21.2 Å². The zero-order valence-corrected chi connectivity index (χ0v) is 13.2. The second-order valence-electron chi connectivity index (χ2n) is 4.16. The standard InChI is InChI=1S/C14H11BrCl2FN/c1-8(9-2-4-13(18)11(15)6-9)19-14-5-3-10(16)7-12(14)17/h2-8,19H,1H3. The maximum Gasteiger partial charge on any atom is 0.137 e. The third-order valence-corrected chi connectivity index (χ3v) is 3.90. The van der Waals surface area contributed by atoms with Gasteiger partial charge in [0.25, 0.3) is 0 Å². The summed E-state index contributed by atoms with van der Waals surface area (Å²) in [6, 6.07) is 10.2. The Bertz CT molecular complexity index is 604. The third kappa shape index (κ3) is 3.62. The zero-order chi connectivity index (χ0) is 14.0. The third-order valence-electron chi connectivity index (χ3n) is 2.75. The van der Waals surface area contributed by atoms with Crippen LogP contribution in [0.3, 0.4) is 0 Å². The maximum absolute atomic E-state index is 13.2. The Hall–Kier alpha value is -0.770. The first kappa shape index (κ1) is 14.6. The quantitative estimate of drug-likeness (QED) is 0.698. The van der Waals surface area contributed by atoms with Gasteiger partial charge in [0, 0.05) is 11.1 Å². The molecule has 1 unspecified atom stereocenters. The molecule has 5 heteroatoms. The van der Waals surface area contributed by atoms with E-state index >= 15 is 0 Å². The predicted molar refractivity (Wildman–Crippen MR) is 82.6 cm³/mol. The first-order valence-electron chi connectivity index (χ1n) is 5.64. The average Bonchev–Trinajstić information content (AvgIpc) is 2.36. The minimum Gasteiger partial charge on any atom is -0.377 e. The number of anilines is 1. The minimum atomic E-state index is -0.277. The summed E-state index contributed by atoms with van der Waals surface area (Å²) in [5.41, 5.74) is 1.75. The summed E-state index contributed by atoms with van der Waals surface area (Å²) in [5.74, 6) is -0.277. The van der Waals surface area contributed by atoms with Crippen molar-refractivity contribution in [3.05, 3.63) is 62.3 Å². The van der Waals surface area contributed by atoms with Gasteiger partial charge in [-0.1, -0.05) is 29.3 Å². The molecule has 1 atom stereocenters. The lowest BCUT2D eigenvalue weighted by molar-refractivity contribution is 0.619. The van der Waals surface area contributed by atoms with Crippen LogP contribution in [0.1, 0.15) is 18.5 Å². The average molecular weight is 363 g/mol. The number of benzene rings is 2. The molecule has 0 radical (unpaired) electrons. The summed E-state index contributed by atoms with van der Waals surface area (Å²) >= 11 is 15.1. The van der Waals surface area contributed by atoms with Crippen LogP contribution in [0.2, 0.25) is 10.0 Å². The predicted octanol–water partition coefficient (Wildman–Crippen LogP) is 6.07. The van der Waals surface area contributed by atoms with E-state index in [9.17, 15) is 4.39 Å². The smallest absolute Gasteiger partial charge is 0.137 e. The van der Waals surface area contributed by atoms with Gasteiger partial charge in [0.1, 0.15) is 5.82 Å². The summed E-state index contributed by atoms with van der Waals surface area (Å²) in [6.45, 7) is 1.98. The number of nitrogens with one attached hydrogen (secondary N) is 1. The molecule has 1 nitrogen and oxygen atoms in total. The van der Waals surface area contributed by atoms with Gasteiger partial charge in [-0.2, -0.15) is 0 Å². The van der Waals surface area contributed by atoms with Crippen LogP contribution in [-0.2, 0) is 0 Å². The lowest BCUT2D eigenvalue weighted by Crippen LogP contribution is -2.07. The molecule has 2 rings (SSSR count). The Morgan fingerprint density at radius 2 is 1.89 bits per heavy atom. The van der Waals surface area contributed by atoms with E-state index in [1.807, 2.05) is 13.0 Å². The summed E-state index contributed by atoms with van der Waals surface area (Å²) in [7, 11) is 0. The van der Waals surface area contributed by atoms with Gasteiger partial charge in [0.2, 0.25) is 0 Å². The molecule has 0 aliphatic rings. The molecule has 0 bridgehead atoms. The van der Waals surface area contributed by atoms with E-state index in [-0.39, 0.29) is 11.9 Å². The van der Waals surface area contributed by atoms with Crippen LogP contribution in [0.25, 0.3) is 0 Å². The zero-order valence-electron chi connectivity index (χ0n) is 10.1. The minimum absolute atomic E-state index is 0.00410. The van der Waals surface area contributed by atoms with Gasteiger partial charge >= 0.3 is 0 Å². The second kappa shape index (κ2) is 6.12. The fraction of sp³-hybridized carbons (Fsp3) is 0.143. The first-order valence-corrected chi connectivity index (χ1v) is 7.19. The highest BCUT2D eigenvalue weighted by atomic mass is 79.9. The van der Waals surface area contributed by atoms with E-state index < -0.39 is 0 Å². The van der Waals surface area contributed by atoms with Gasteiger partial charge in [-0.3, -0.25) is 0 Å². The molecule has 0 aliphatic carbocycles. The van der Waals surface area contributed by atoms with E-state index in [0.717, 1.165) is 11.3 Å². The van der Waals surface area contributed by atoms with Crippen LogP contribution in [-0.4, -0.2) is 0 Å². The molecule has 19 heavy (non-hydrogen) atoms. The van der Waals surface area contributed by atoms with Crippen LogP contribution < -0.4 is 5.32 Å². The van der Waals surface area contributed by atoms with Crippen molar-refractivity contribution in [2.75, 3.05) is 5.32 Å². The largest absolute Gasteiger partial charge is 0.377 e. The Balaban J connectivity index is 2.20. The molecule has 2 aromatic rings. The van der Waals surface area contributed by atoms with Gasteiger partial charge in [-0.15, -0.1) is 0 Å². The van der Waals surface area contributed by atoms with Gasteiger partial charge in [0.05, 0.1) is 15.2 Å². The number of halogens is 4. The second-order valence-corrected chi connectivity index (χ2v) is 5.86. The van der Waals surface area contributed by atoms with E-state index in [1.165, 1.54) is 6.07 Å². The van der Waals surface area contributed by atoms with Crippen molar-refractivity contribution >= 4 is 44.8 Å². The summed E-state index contributed by atoms with van der Waals surface area (Å²) in [4.78, 5) is 0. The van der Waals surface area contributed by atoms with Crippen molar-refractivity contribution in [3.63, 3.8) is 0 Å². The molecular formula is C14H11BrCl2FN. The van der Waals surface area contributed by atoms with E-state index in [1.54, 1.807) is 24.3 Å². The van der Waals surface area contributed by atoms with Crippen molar-refractivity contribution in [1.82, 2.24) is 0 Å². The normalized spacial score (nSPS) is 12.3. The highest BCUT2D eigenvalue weighted by Crippen LogP contribution is 2.29. The Morgan fingerprint density at radius 3 is 2.53 bits per heavy atom. The van der Waals surface area contributed by atoms with Crippen molar-refractivity contribution < 1.29 is 4.39 Å². The summed E-state index contributed by atoms with van der Waals surface area (Å²) in [6.07, 6.45) is 0. The van der Waals surface area contributed by atoms with Crippen molar-refractivity contribution in [2.24, 2.45) is 0 Å². The molecule has 1 N–H and O–H groups in total. The lowest BCUT2D eigenvalue weighted by Gasteiger charge is -2.17. The van der Waals surface area contributed by atoms with Crippen LogP contribution in [0.15, 0.2) is 40.9 Å². The molecule has 0 saturated carbocycles. The highest BCUT2D eigenvalue weighted by molar-refractivity contribution is 9.10. The molecule has 0 fully saturated rings. The van der Waals surface area contributed by atoms with Crippen LogP contribution in [0.4, 0.5) is 10.1 Å². The van der Waals surface area contributed by atoms with Crippen LogP contribution in [0, 0.1) is 5.82 Å². The van der Waals surface area contributed by atoms with Gasteiger partial charge in [-0.25, -0.2) is 4.39 Å². The molecule has 0 saturated heterocycles. The van der Waals surface area contributed by atoms with E-state index in [4.69, 9.17) is 23.2 Å². The molecule has 0 aliphatic heterocycles. The Kier molecular flexibility index (Phi) is 4.71. The van der Waals surface area contributed by atoms with Crippen molar-refractivity contribution in [1.29, 1.82) is 0 Å².